The highest BCUT2D eigenvalue weighted by molar-refractivity contribution is 9.10. The molecule has 76 valence electrons. The van der Waals surface area contributed by atoms with Crippen molar-refractivity contribution in [1.82, 2.24) is 5.32 Å². The summed E-state index contributed by atoms with van der Waals surface area (Å²) in [7, 11) is 0. The van der Waals surface area contributed by atoms with Crippen LogP contribution in [0.4, 0.5) is 0 Å². The zero-order valence-corrected chi connectivity index (χ0v) is 9.75. The van der Waals surface area contributed by atoms with E-state index < -0.39 is 0 Å². The number of nitrogens with one attached hydrogen (secondary N) is 1. The molecular weight excluding hydrogens is 242 g/mol. The van der Waals surface area contributed by atoms with Crippen molar-refractivity contribution >= 4 is 15.9 Å². The van der Waals surface area contributed by atoms with Crippen LogP contribution in [0.5, 0.6) is 0 Å². The lowest BCUT2D eigenvalue weighted by Crippen LogP contribution is -2.38. The van der Waals surface area contributed by atoms with Crippen molar-refractivity contribution in [2.75, 3.05) is 13.1 Å². The summed E-state index contributed by atoms with van der Waals surface area (Å²) >= 11 is 3.47. The quantitative estimate of drug-likeness (QED) is 0.833. The maximum atomic E-state index is 5.84. The van der Waals surface area contributed by atoms with Gasteiger partial charge in [0.15, 0.2) is 0 Å². The molecule has 1 saturated heterocycles. The van der Waals surface area contributed by atoms with E-state index in [1.807, 2.05) is 12.1 Å². The largest absolute Gasteiger partial charge is 0.368 e. The van der Waals surface area contributed by atoms with Gasteiger partial charge in [0.25, 0.3) is 0 Å². The summed E-state index contributed by atoms with van der Waals surface area (Å²) in [6, 6.07) is 8.30. The van der Waals surface area contributed by atoms with Gasteiger partial charge in [-0.1, -0.05) is 28.1 Å². The van der Waals surface area contributed by atoms with Gasteiger partial charge in [-0.25, -0.2) is 0 Å². The summed E-state index contributed by atoms with van der Waals surface area (Å²) in [5, 5.41) is 3.36. The minimum atomic E-state index is 0.191. The van der Waals surface area contributed by atoms with Gasteiger partial charge in [0.1, 0.15) is 0 Å². The summed E-state index contributed by atoms with van der Waals surface area (Å²) in [6.07, 6.45) is 0.490. The summed E-state index contributed by atoms with van der Waals surface area (Å²) in [5.41, 5.74) is 1.23. The molecule has 3 heteroatoms. The van der Waals surface area contributed by atoms with Crippen LogP contribution in [-0.4, -0.2) is 19.2 Å². The molecule has 14 heavy (non-hydrogen) atoms. The number of benzene rings is 1. The Balaban J connectivity index is 2.14. The van der Waals surface area contributed by atoms with E-state index in [4.69, 9.17) is 4.74 Å². The third-order valence-corrected chi connectivity index (χ3v) is 2.87. The highest BCUT2D eigenvalue weighted by atomic mass is 79.9. The van der Waals surface area contributed by atoms with Gasteiger partial charge in [0.2, 0.25) is 0 Å². The fourth-order valence-corrected chi connectivity index (χ4v) is 2.11. The van der Waals surface area contributed by atoms with Gasteiger partial charge in [-0.15, -0.1) is 0 Å². The summed E-state index contributed by atoms with van der Waals surface area (Å²) in [5.74, 6) is 0. The van der Waals surface area contributed by atoms with E-state index >= 15 is 0 Å². The minimum absolute atomic E-state index is 0.191. The van der Waals surface area contributed by atoms with Crippen LogP contribution in [0, 0.1) is 0 Å². The number of halogens is 1. The predicted molar refractivity (Wildman–Crippen MR) is 60.3 cm³/mol. The third-order valence-electron chi connectivity index (χ3n) is 2.38. The van der Waals surface area contributed by atoms with E-state index in [9.17, 15) is 0 Å². The molecule has 1 aliphatic heterocycles. The molecule has 2 unspecified atom stereocenters. The minimum Gasteiger partial charge on any atom is -0.368 e. The first-order valence-corrected chi connectivity index (χ1v) is 5.66. The Labute approximate surface area is 92.8 Å². The zero-order chi connectivity index (χ0) is 9.97. The fourth-order valence-electron chi connectivity index (χ4n) is 1.70. The van der Waals surface area contributed by atoms with Crippen molar-refractivity contribution in [1.29, 1.82) is 0 Å². The fraction of sp³-hybridized carbons (Fsp3) is 0.455. The first-order chi connectivity index (χ1) is 6.75. The lowest BCUT2D eigenvalue weighted by atomic mass is 10.1. The topological polar surface area (TPSA) is 21.3 Å². The Kier molecular flexibility index (Phi) is 3.21. The molecule has 0 saturated carbocycles. The number of rotatable bonds is 1. The average Bonchev–Trinajstić information content (AvgIpc) is 2.18. The molecule has 2 nitrogen and oxygen atoms in total. The first-order valence-electron chi connectivity index (χ1n) is 4.87. The molecule has 1 aromatic rings. The number of morpholine rings is 1. The molecule has 1 N–H and O–H groups in total. The molecule has 0 amide bonds. The summed E-state index contributed by atoms with van der Waals surface area (Å²) in [6.45, 7) is 3.95. The van der Waals surface area contributed by atoms with E-state index in [1.54, 1.807) is 0 Å². The van der Waals surface area contributed by atoms with Crippen LogP contribution in [-0.2, 0) is 4.74 Å². The molecule has 0 aromatic heterocycles. The molecule has 1 heterocycles. The monoisotopic (exact) mass is 255 g/mol. The SMILES string of the molecule is CC1CNCC(c2cccc(Br)c2)O1. The van der Waals surface area contributed by atoms with Gasteiger partial charge in [0.05, 0.1) is 12.2 Å². The second-order valence-electron chi connectivity index (χ2n) is 3.65. The van der Waals surface area contributed by atoms with Gasteiger partial charge < -0.3 is 10.1 Å². The highest BCUT2D eigenvalue weighted by Gasteiger charge is 2.19. The molecule has 1 fully saturated rings. The van der Waals surface area contributed by atoms with E-state index in [2.05, 4.69) is 40.3 Å². The van der Waals surface area contributed by atoms with E-state index in [1.165, 1.54) is 5.56 Å². The molecule has 0 spiro atoms. The van der Waals surface area contributed by atoms with Gasteiger partial charge in [0, 0.05) is 17.6 Å². The Morgan fingerprint density at radius 3 is 3.00 bits per heavy atom. The van der Waals surface area contributed by atoms with Crippen molar-refractivity contribution in [3.05, 3.63) is 34.3 Å². The highest BCUT2D eigenvalue weighted by Crippen LogP contribution is 2.23. The number of hydrogen-bond donors (Lipinski definition) is 1. The number of hydrogen-bond acceptors (Lipinski definition) is 2. The molecular formula is C11H14BrNO. The molecule has 2 rings (SSSR count). The molecule has 1 aromatic carbocycles. The molecule has 0 bridgehead atoms. The van der Waals surface area contributed by atoms with E-state index in [0.29, 0.717) is 6.10 Å². The van der Waals surface area contributed by atoms with Crippen molar-refractivity contribution in [3.8, 4) is 0 Å². The predicted octanol–water partition coefficient (Wildman–Crippen LogP) is 2.50. The maximum Gasteiger partial charge on any atom is 0.0953 e. The standard InChI is InChI=1S/C11H14BrNO/c1-8-6-13-7-11(14-8)9-3-2-4-10(12)5-9/h2-5,8,11,13H,6-7H2,1H3. The van der Waals surface area contributed by atoms with Crippen LogP contribution in [0.25, 0.3) is 0 Å². The van der Waals surface area contributed by atoms with Gasteiger partial charge in [-0.3, -0.25) is 0 Å². The Morgan fingerprint density at radius 2 is 2.29 bits per heavy atom. The molecule has 0 radical (unpaired) electrons. The summed E-state index contributed by atoms with van der Waals surface area (Å²) in [4.78, 5) is 0. The lowest BCUT2D eigenvalue weighted by molar-refractivity contribution is -0.0287. The van der Waals surface area contributed by atoms with Gasteiger partial charge in [-0.2, -0.15) is 0 Å². The Hall–Kier alpha value is -0.380. The normalized spacial score (nSPS) is 27.6. The number of ether oxygens (including phenoxy) is 1. The summed E-state index contributed by atoms with van der Waals surface area (Å²) < 4.78 is 6.95. The van der Waals surface area contributed by atoms with Crippen molar-refractivity contribution < 1.29 is 4.74 Å². The van der Waals surface area contributed by atoms with E-state index in [-0.39, 0.29) is 6.10 Å². The molecule has 2 atom stereocenters. The van der Waals surface area contributed by atoms with Gasteiger partial charge in [-0.05, 0) is 24.6 Å². The van der Waals surface area contributed by atoms with Crippen molar-refractivity contribution in [2.24, 2.45) is 0 Å². The smallest absolute Gasteiger partial charge is 0.0953 e. The van der Waals surface area contributed by atoms with Crippen LogP contribution in [0.1, 0.15) is 18.6 Å². The van der Waals surface area contributed by atoms with Crippen molar-refractivity contribution in [2.45, 2.75) is 19.1 Å². The van der Waals surface area contributed by atoms with Gasteiger partial charge >= 0.3 is 0 Å². The lowest BCUT2D eigenvalue weighted by Gasteiger charge is -2.29. The average molecular weight is 256 g/mol. The zero-order valence-electron chi connectivity index (χ0n) is 8.16. The Morgan fingerprint density at radius 1 is 1.43 bits per heavy atom. The van der Waals surface area contributed by atoms with Crippen LogP contribution in [0.2, 0.25) is 0 Å². The van der Waals surface area contributed by atoms with Crippen LogP contribution in [0.15, 0.2) is 28.7 Å². The molecule has 0 aliphatic carbocycles. The second kappa shape index (κ2) is 4.43. The van der Waals surface area contributed by atoms with Crippen LogP contribution in [0.3, 0.4) is 0 Å². The second-order valence-corrected chi connectivity index (χ2v) is 4.56. The third kappa shape index (κ3) is 2.35. The van der Waals surface area contributed by atoms with Crippen molar-refractivity contribution in [3.63, 3.8) is 0 Å². The van der Waals surface area contributed by atoms with Crippen LogP contribution < -0.4 is 5.32 Å². The first kappa shape index (κ1) is 10.1. The Bertz CT molecular complexity index is 316. The van der Waals surface area contributed by atoms with E-state index in [0.717, 1.165) is 17.6 Å². The maximum absolute atomic E-state index is 5.84. The van der Waals surface area contributed by atoms with Crippen LogP contribution >= 0.6 is 15.9 Å². The molecule has 1 aliphatic rings.